The zero-order valence-corrected chi connectivity index (χ0v) is 16.0. The first-order chi connectivity index (χ1) is 12.3. The van der Waals surface area contributed by atoms with Crippen LogP contribution in [-0.4, -0.2) is 36.3 Å². The molecular formula is C17H19ClN2O5S. The van der Waals surface area contributed by atoms with Gasteiger partial charge in [-0.3, -0.25) is 4.79 Å². The van der Waals surface area contributed by atoms with Gasteiger partial charge in [-0.25, -0.2) is 13.2 Å². The maximum absolute atomic E-state index is 12.5. The molecule has 0 N–H and O–H groups in total. The Morgan fingerprint density at radius 1 is 1.12 bits per heavy atom. The minimum atomic E-state index is -3.73. The molecule has 0 amide bonds. The number of pyridine rings is 1. The topological polar surface area (TPSA) is 85.7 Å². The first-order valence-corrected chi connectivity index (χ1v) is 9.76. The molecule has 0 radical (unpaired) electrons. The monoisotopic (exact) mass is 398 g/mol. The summed E-state index contributed by atoms with van der Waals surface area (Å²) in [4.78, 5) is 24.0. The Hall–Kier alpha value is -2.16. The molecule has 0 saturated carbocycles. The van der Waals surface area contributed by atoms with Crippen LogP contribution in [-0.2, 0) is 21.4 Å². The lowest BCUT2D eigenvalue weighted by Gasteiger charge is -2.18. The molecule has 0 aliphatic heterocycles. The van der Waals surface area contributed by atoms with Crippen molar-refractivity contribution >= 4 is 27.6 Å². The summed E-state index contributed by atoms with van der Waals surface area (Å²) in [5.41, 5.74) is -0.503. The number of carbonyl (C=O) groups is 1. The second-order valence-electron chi connectivity index (χ2n) is 5.35. The van der Waals surface area contributed by atoms with Crippen LogP contribution in [0.4, 0.5) is 0 Å². The number of esters is 1. The molecule has 0 fully saturated rings. The molecule has 0 spiro atoms. The summed E-state index contributed by atoms with van der Waals surface area (Å²) in [6.07, 6.45) is 1.15. The minimum absolute atomic E-state index is 0.0555. The summed E-state index contributed by atoms with van der Waals surface area (Å²) in [6.45, 7) is 3.64. The van der Waals surface area contributed by atoms with E-state index in [1.807, 2.05) is 0 Å². The lowest BCUT2D eigenvalue weighted by atomic mass is 10.3. The zero-order valence-electron chi connectivity index (χ0n) is 14.4. The Morgan fingerprint density at radius 3 is 2.31 bits per heavy atom. The summed E-state index contributed by atoms with van der Waals surface area (Å²) in [7, 11) is -3.73. The van der Waals surface area contributed by atoms with Crippen LogP contribution in [0.25, 0.3) is 0 Å². The van der Waals surface area contributed by atoms with Crippen LogP contribution in [0.1, 0.15) is 13.8 Å². The third-order valence-corrected chi connectivity index (χ3v) is 5.93. The molecule has 2 rings (SSSR count). The molecule has 0 aliphatic carbocycles. The number of carbonyl (C=O) groups excluding carboxylic acids is 1. The maximum Gasteiger partial charge on any atom is 0.331 e. The zero-order chi connectivity index (χ0) is 19.3. The average Bonchev–Trinajstić information content (AvgIpc) is 2.59. The van der Waals surface area contributed by atoms with Crippen molar-refractivity contribution in [3.8, 4) is 5.75 Å². The SMILES string of the molecule is CCN(CC)S(=O)(=O)c1ccc(=O)n(CC(=O)Oc2ccc(Cl)cc2)c1. The summed E-state index contributed by atoms with van der Waals surface area (Å²) in [6, 6.07) is 8.51. The van der Waals surface area contributed by atoms with Crippen molar-refractivity contribution in [3.05, 3.63) is 58.0 Å². The highest BCUT2D eigenvalue weighted by molar-refractivity contribution is 7.89. The van der Waals surface area contributed by atoms with Crippen molar-refractivity contribution in [1.82, 2.24) is 8.87 Å². The van der Waals surface area contributed by atoms with Crippen molar-refractivity contribution < 1.29 is 17.9 Å². The standard InChI is InChI=1S/C17H19ClN2O5S/c1-3-20(4-2)26(23,24)15-9-10-16(21)19(11-15)12-17(22)25-14-7-5-13(18)6-8-14/h5-11H,3-4,12H2,1-2H3. The van der Waals surface area contributed by atoms with Gasteiger partial charge in [-0.1, -0.05) is 25.4 Å². The van der Waals surface area contributed by atoms with Crippen LogP contribution < -0.4 is 10.3 Å². The lowest BCUT2D eigenvalue weighted by molar-refractivity contribution is -0.135. The van der Waals surface area contributed by atoms with Crippen molar-refractivity contribution in [2.24, 2.45) is 0 Å². The summed E-state index contributed by atoms with van der Waals surface area (Å²) in [5, 5.41) is 0.496. The normalized spacial score (nSPS) is 11.5. The third-order valence-electron chi connectivity index (χ3n) is 3.64. The summed E-state index contributed by atoms with van der Waals surface area (Å²) < 4.78 is 32.5. The molecule has 0 atom stereocenters. The van der Waals surface area contributed by atoms with Crippen LogP contribution in [0.15, 0.2) is 52.3 Å². The molecule has 0 saturated heterocycles. The number of halogens is 1. The van der Waals surface area contributed by atoms with E-state index in [4.69, 9.17) is 16.3 Å². The number of hydrogen-bond acceptors (Lipinski definition) is 5. The van der Waals surface area contributed by atoms with Crippen LogP contribution in [0, 0.1) is 0 Å². The van der Waals surface area contributed by atoms with Crippen molar-refractivity contribution in [2.45, 2.75) is 25.3 Å². The fraction of sp³-hybridized carbons (Fsp3) is 0.294. The Bertz CT molecular complexity index is 934. The van der Waals surface area contributed by atoms with E-state index >= 15 is 0 Å². The van der Waals surface area contributed by atoms with Gasteiger partial charge in [0, 0.05) is 30.4 Å². The van der Waals surface area contributed by atoms with Gasteiger partial charge in [0.15, 0.2) is 0 Å². The molecule has 2 aromatic rings. The van der Waals surface area contributed by atoms with Gasteiger partial charge < -0.3 is 9.30 Å². The molecule has 1 aromatic heterocycles. The van der Waals surface area contributed by atoms with Gasteiger partial charge in [-0.15, -0.1) is 0 Å². The van der Waals surface area contributed by atoms with Crippen LogP contribution in [0.3, 0.4) is 0 Å². The summed E-state index contributed by atoms with van der Waals surface area (Å²) in [5.74, 6) is -0.425. The highest BCUT2D eigenvalue weighted by atomic mass is 35.5. The quantitative estimate of drug-likeness (QED) is 0.527. The van der Waals surface area contributed by atoms with E-state index < -0.39 is 28.1 Å². The molecule has 26 heavy (non-hydrogen) atoms. The van der Waals surface area contributed by atoms with Crippen LogP contribution in [0.2, 0.25) is 5.02 Å². The van der Waals surface area contributed by atoms with E-state index in [0.717, 1.165) is 16.8 Å². The molecule has 0 aliphatic rings. The smallest absolute Gasteiger partial charge is 0.331 e. The number of aromatic nitrogens is 1. The summed E-state index contributed by atoms with van der Waals surface area (Å²) >= 11 is 5.76. The van der Waals surface area contributed by atoms with E-state index in [0.29, 0.717) is 18.1 Å². The Kier molecular flexibility index (Phi) is 6.57. The highest BCUT2D eigenvalue weighted by Crippen LogP contribution is 2.16. The van der Waals surface area contributed by atoms with Crippen LogP contribution >= 0.6 is 11.6 Å². The molecule has 7 nitrogen and oxygen atoms in total. The van der Waals surface area contributed by atoms with Gasteiger partial charge in [0.2, 0.25) is 10.0 Å². The van der Waals surface area contributed by atoms with E-state index in [2.05, 4.69) is 0 Å². The maximum atomic E-state index is 12.5. The number of benzene rings is 1. The number of sulfonamides is 1. The van der Waals surface area contributed by atoms with Gasteiger partial charge in [0.25, 0.3) is 5.56 Å². The van der Waals surface area contributed by atoms with Gasteiger partial charge in [0.05, 0.1) is 4.90 Å². The van der Waals surface area contributed by atoms with Crippen molar-refractivity contribution in [3.63, 3.8) is 0 Å². The van der Waals surface area contributed by atoms with Crippen molar-refractivity contribution in [2.75, 3.05) is 13.1 Å². The lowest BCUT2D eigenvalue weighted by Crippen LogP contribution is -2.32. The largest absolute Gasteiger partial charge is 0.425 e. The van der Waals surface area contributed by atoms with E-state index in [1.165, 1.54) is 22.5 Å². The fourth-order valence-corrected chi connectivity index (χ4v) is 3.91. The fourth-order valence-electron chi connectivity index (χ4n) is 2.30. The third kappa shape index (κ3) is 4.72. The Balaban J connectivity index is 2.23. The molecule has 9 heteroatoms. The first-order valence-electron chi connectivity index (χ1n) is 7.94. The van der Waals surface area contributed by atoms with Gasteiger partial charge in [-0.05, 0) is 30.3 Å². The second-order valence-corrected chi connectivity index (χ2v) is 7.72. The molecule has 0 bridgehead atoms. The van der Waals surface area contributed by atoms with Crippen molar-refractivity contribution in [1.29, 1.82) is 0 Å². The molecule has 1 aromatic carbocycles. The number of nitrogens with zero attached hydrogens (tertiary/aromatic N) is 2. The first kappa shape index (κ1) is 20.2. The highest BCUT2D eigenvalue weighted by Gasteiger charge is 2.22. The van der Waals surface area contributed by atoms with Crippen LogP contribution in [0.5, 0.6) is 5.75 Å². The van der Waals surface area contributed by atoms with Gasteiger partial charge in [0.1, 0.15) is 12.3 Å². The van der Waals surface area contributed by atoms with E-state index in [1.54, 1.807) is 26.0 Å². The molecule has 140 valence electrons. The van der Waals surface area contributed by atoms with E-state index in [9.17, 15) is 18.0 Å². The number of ether oxygens (including phenoxy) is 1. The second kappa shape index (κ2) is 8.48. The Morgan fingerprint density at radius 2 is 1.73 bits per heavy atom. The molecule has 0 unspecified atom stereocenters. The predicted molar refractivity (Wildman–Crippen MR) is 97.9 cm³/mol. The average molecular weight is 399 g/mol. The van der Waals surface area contributed by atoms with Gasteiger partial charge >= 0.3 is 5.97 Å². The van der Waals surface area contributed by atoms with Gasteiger partial charge in [-0.2, -0.15) is 4.31 Å². The number of rotatable bonds is 7. The minimum Gasteiger partial charge on any atom is -0.425 e. The number of hydrogen-bond donors (Lipinski definition) is 0. The van der Waals surface area contributed by atoms with E-state index in [-0.39, 0.29) is 10.6 Å². The molecule has 1 heterocycles. The Labute approximate surface area is 156 Å². The predicted octanol–water partition coefficient (Wildman–Crippen LogP) is 2.14. The molecular weight excluding hydrogens is 380 g/mol.